The van der Waals surface area contributed by atoms with Crippen LogP contribution in [0.15, 0.2) is 4.99 Å². The van der Waals surface area contributed by atoms with Gasteiger partial charge in [0.25, 0.3) is 0 Å². The van der Waals surface area contributed by atoms with E-state index in [9.17, 15) is 0 Å². The van der Waals surface area contributed by atoms with Gasteiger partial charge in [0.1, 0.15) is 0 Å². The van der Waals surface area contributed by atoms with Crippen molar-refractivity contribution >= 4 is 29.9 Å². The molecule has 0 bridgehead atoms. The lowest BCUT2D eigenvalue weighted by Gasteiger charge is -2.27. The Kier molecular flexibility index (Phi) is 13.7. The van der Waals surface area contributed by atoms with Crippen molar-refractivity contribution in [2.45, 2.75) is 51.5 Å². The van der Waals surface area contributed by atoms with Crippen molar-refractivity contribution in [2.24, 2.45) is 10.9 Å². The van der Waals surface area contributed by atoms with Crippen LogP contribution in [0.5, 0.6) is 0 Å². The van der Waals surface area contributed by atoms with Crippen molar-refractivity contribution in [1.29, 1.82) is 0 Å². The first-order valence-corrected chi connectivity index (χ1v) is 10.2. The van der Waals surface area contributed by atoms with E-state index in [1.165, 1.54) is 32.4 Å². The number of hydrogen-bond donors (Lipinski definition) is 2. The second-order valence-electron chi connectivity index (χ2n) is 7.17. The summed E-state index contributed by atoms with van der Waals surface area (Å²) in [6.07, 6.45) is 7.17. The Bertz CT molecular complexity index is 373. The van der Waals surface area contributed by atoms with Gasteiger partial charge in [0.05, 0.1) is 0 Å². The van der Waals surface area contributed by atoms with E-state index in [2.05, 4.69) is 27.4 Å². The molecule has 0 aromatic heterocycles. The van der Waals surface area contributed by atoms with Gasteiger partial charge in [0.2, 0.25) is 0 Å². The number of nitrogens with zero attached hydrogens (tertiary/aromatic N) is 2. The Morgan fingerprint density at radius 1 is 1.23 bits per heavy atom. The minimum Gasteiger partial charge on any atom is -0.381 e. The Balaban J connectivity index is 0.00000338. The second-order valence-corrected chi connectivity index (χ2v) is 7.17. The summed E-state index contributed by atoms with van der Waals surface area (Å²) in [5.74, 6) is 1.59. The highest BCUT2D eigenvalue weighted by molar-refractivity contribution is 14.0. The molecular weight excluding hydrogens is 443 g/mol. The summed E-state index contributed by atoms with van der Waals surface area (Å²) in [6, 6.07) is 0.615. The van der Waals surface area contributed by atoms with Gasteiger partial charge in [-0.3, -0.25) is 9.89 Å². The highest BCUT2D eigenvalue weighted by atomic mass is 127. The lowest BCUT2D eigenvalue weighted by Crippen LogP contribution is -2.46. The molecule has 1 unspecified atom stereocenters. The van der Waals surface area contributed by atoms with Crippen LogP contribution < -0.4 is 10.6 Å². The summed E-state index contributed by atoms with van der Waals surface area (Å²) < 4.78 is 11.2. The third-order valence-corrected chi connectivity index (χ3v) is 5.31. The molecular formula is C19H39IN4O2. The number of halogens is 1. The van der Waals surface area contributed by atoms with E-state index in [0.717, 1.165) is 64.7 Å². The Morgan fingerprint density at radius 3 is 2.62 bits per heavy atom. The lowest BCUT2D eigenvalue weighted by atomic mass is 10.0. The monoisotopic (exact) mass is 482 g/mol. The average molecular weight is 482 g/mol. The fraction of sp³-hybridized carbons (Fsp3) is 0.947. The first-order valence-electron chi connectivity index (χ1n) is 10.2. The van der Waals surface area contributed by atoms with E-state index in [1.54, 1.807) is 0 Å². The smallest absolute Gasteiger partial charge is 0.191 e. The minimum atomic E-state index is 0. The van der Waals surface area contributed by atoms with Gasteiger partial charge in [0, 0.05) is 52.6 Å². The maximum Gasteiger partial charge on any atom is 0.191 e. The molecule has 0 aromatic rings. The first kappa shape index (κ1) is 23.9. The molecule has 2 N–H and O–H groups in total. The van der Waals surface area contributed by atoms with Crippen molar-refractivity contribution in [2.75, 3.05) is 59.7 Å². The molecule has 0 aromatic carbocycles. The predicted molar refractivity (Wildman–Crippen MR) is 119 cm³/mol. The summed E-state index contributed by atoms with van der Waals surface area (Å²) in [7, 11) is 1.84. The number of hydrogen-bond acceptors (Lipinski definition) is 4. The molecule has 0 radical (unpaired) electrons. The van der Waals surface area contributed by atoms with Gasteiger partial charge < -0.3 is 20.1 Å². The van der Waals surface area contributed by atoms with Crippen LogP contribution in [0.2, 0.25) is 0 Å². The van der Waals surface area contributed by atoms with Crippen LogP contribution in [0.25, 0.3) is 0 Å². The number of rotatable bonds is 10. The van der Waals surface area contributed by atoms with Crippen LogP contribution in [-0.2, 0) is 9.47 Å². The molecule has 2 aliphatic rings. The zero-order valence-electron chi connectivity index (χ0n) is 16.7. The van der Waals surface area contributed by atoms with Crippen molar-refractivity contribution < 1.29 is 9.47 Å². The number of guanidine groups is 1. The van der Waals surface area contributed by atoms with Crippen molar-refractivity contribution in [3.05, 3.63) is 0 Å². The highest BCUT2D eigenvalue weighted by Crippen LogP contribution is 2.15. The topological polar surface area (TPSA) is 58.1 Å². The van der Waals surface area contributed by atoms with Crippen molar-refractivity contribution in [3.63, 3.8) is 0 Å². The third-order valence-electron chi connectivity index (χ3n) is 5.31. The van der Waals surface area contributed by atoms with Gasteiger partial charge >= 0.3 is 0 Å². The van der Waals surface area contributed by atoms with Gasteiger partial charge in [-0.25, -0.2) is 0 Å². The zero-order chi connectivity index (χ0) is 17.7. The average Bonchev–Trinajstić information content (AvgIpc) is 3.18. The number of ether oxygens (including phenoxy) is 2. The van der Waals surface area contributed by atoms with E-state index < -0.39 is 0 Å². The van der Waals surface area contributed by atoms with Gasteiger partial charge in [-0.05, 0) is 57.5 Å². The fourth-order valence-electron chi connectivity index (χ4n) is 3.62. The molecule has 7 heteroatoms. The molecule has 2 rings (SSSR count). The molecule has 2 fully saturated rings. The SMILES string of the molecule is CCC(CNC(=NC)NCCCOCC1CCOCC1)N1CCCC1.I. The third kappa shape index (κ3) is 9.19. The number of aliphatic imine (C=N–C) groups is 1. The van der Waals surface area contributed by atoms with Gasteiger partial charge in [0.15, 0.2) is 5.96 Å². The largest absolute Gasteiger partial charge is 0.381 e. The molecule has 0 amide bonds. The Morgan fingerprint density at radius 2 is 1.96 bits per heavy atom. The summed E-state index contributed by atoms with van der Waals surface area (Å²) in [6.45, 7) is 10.1. The quantitative estimate of drug-likeness (QED) is 0.217. The van der Waals surface area contributed by atoms with Crippen LogP contribution in [0.4, 0.5) is 0 Å². The molecule has 2 heterocycles. The fourth-order valence-corrected chi connectivity index (χ4v) is 3.62. The molecule has 26 heavy (non-hydrogen) atoms. The normalized spacial score (nSPS) is 20.6. The molecule has 2 aliphatic heterocycles. The maximum atomic E-state index is 5.81. The second kappa shape index (κ2) is 14.9. The highest BCUT2D eigenvalue weighted by Gasteiger charge is 2.20. The Hall–Kier alpha value is -0.120. The molecule has 0 spiro atoms. The Labute approximate surface area is 176 Å². The molecule has 6 nitrogen and oxygen atoms in total. The van der Waals surface area contributed by atoms with Crippen molar-refractivity contribution in [3.8, 4) is 0 Å². The molecule has 0 saturated carbocycles. The molecule has 1 atom stereocenters. The predicted octanol–water partition coefficient (Wildman–Crippen LogP) is 2.48. The van der Waals surface area contributed by atoms with Crippen LogP contribution in [-0.4, -0.2) is 76.6 Å². The van der Waals surface area contributed by atoms with E-state index in [1.807, 2.05) is 7.05 Å². The van der Waals surface area contributed by atoms with Gasteiger partial charge in [-0.2, -0.15) is 0 Å². The van der Waals surface area contributed by atoms with E-state index in [0.29, 0.717) is 12.0 Å². The summed E-state index contributed by atoms with van der Waals surface area (Å²) in [5.41, 5.74) is 0. The van der Waals surface area contributed by atoms with Crippen LogP contribution in [0.1, 0.15) is 45.4 Å². The van der Waals surface area contributed by atoms with E-state index in [-0.39, 0.29) is 24.0 Å². The van der Waals surface area contributed by atoms with E-state index in [4.69, 9.17) is 9.47 Å². The molecule has 0 aliphatic carbocycles. The number of nitrogens with one attached hydrogen (secondary N) is 2. The summed E-state index contributed by atoms with van der Waals surface area (Å²) in [5, 5.41) is 6.88. The first-order chi connectivity index (χ1) is 12.3. The number of likely N-dealkylation sites (tertiary alicyclic amines) is 1. The van der Waals surface area contributed by atoms with Crippen LogP contribution >= 0.6 is 24.0 Å². The standard InChI is InChI=1S/C19H38N4O2.HI/c1-3-18(23-10-4-5-11-23)15-22-19(20-2)21-9-6-12-25-16-17-7-13-24-14-8-17;/h17-18H,3-16H2,1-2H3,(H2,20,21,22);1H. The maximum absolute atomic E-state index is 5.81. The summed E-state index contributed by atoms with van der Waals surface area (Å²) >= 11 is 0. The molecule has 2 saturated heterocycles. The lowest BCUT2D eigenvalue weighted by molar-refractivity contribution is 0.0203. The molecule has 154 valence electrons. The van der Waals surface area contributed by atoms with Crippen molar-refractivity contribution in [1.82, 2.24) is 15.5 Å². The van der Waals surface area contributed by atoms with Gasteiger partial charge in [-0.1, -0.05) is 6.92 Å². The van der Waals surface area contributed by atoms with Crippen LogP contribution in [0.3, 0.4) is 0 Å². The van der Waals surface area contributed by atoms with Crippen LogP contribution in [0, 0.1) is 5.92 Å². The zero-order valence-corrected chi connectivity index (χ0v) is 19.0. The minimum absolute atomic E-state index is 0. The van der Waals surface area contributed by atoms with Gasteiger partial charge in [-0.15, -0.1) is 24.0 Å². The van der Waals surface area contributed by atoms with E-state index >= 15 is 0 Å². The summed E-state index contributed by atoms with van der Waals surface area (Å²) in [4.78, 5) is 6.93.